The standard InChI is InChI=1S/C17H31N3O3/c1-17(2,3)14-9-18-15-12(19-8-7-11(21)10-19)5-4-6-13(15)20(14)16(22)23/h11-15,18,21H,4-10H2,1-3H3,(H,22,23)/t11-,12-,13-,14?,15+/m0/s1. The number of hydrogen-bond donors (Lipinski definition) is 3. The van der Waals surface area contributed by atoms with Crippen LogP contribution in [0.3, 0.4) is 0 Å². The highest BCUT2D eigenvalue weighted by molar-refractivity contribution is 5.66. The van der Waals surface area contributed by atoms with E-state index in [-0.39, 0.29) is 29.6 Å². The lowest BCUT2D eigenvalue weighted by Gasteiger charge is -2.55. The summed E-state index contributed by atoms with van der Waals surface area (Å²) in [7, 11) is 0. The van der Waals surface area contributed by atoms with Crippen LogP contribution in [-0.4, -0.2) is 76.0 Å². The first-order valence-electron chi connectivity index (χ1n) is 8.96. The van der Waals surface area contributed by atoms with Gasteiger partial charge in [0.05, 0.1) is 18.2 Å². The van der Waals surface area contributed by atoms with Crippen LogP contribution < -0.4 is 5.32 Å². The first kappa shape index (κ1) is 17.0. The monoisotopic (exact) mass is 325 g/mol. The second-order valence-corrected chi connectivity index (χ2v) is 8.51. The summed E-state index contributed by atoms with van der Waals surface area (Å²) < 4.78 is 0. The normalized spacial score (nSPS) is 39.3. The molecule has 3 rings (SSSR count). The fraction of sp³-hybridized carbons (Fsp3) is 0.941. The van der Waals surface area contributed by atoms with E-state index in [1.54, 1.807) is 4.90 Å². The van der Waals surface area contributed by atoms with E-state index in [9.17, 15) is 15.0 Å². The molecule has 2 saturated heterocycles. The topological polar surface area (TPSA) is 76.0 Å². The molecule has 2 heterocycles. The molecule has 1 unspecified atom stereocenters. The summed E-state index contributed by atoms with van der Waals surface area (Å²) in [4.78, 5) is 16.1. The van der Waals surface area contributed by atoms with Crippen molar-refractivity contribution in [3.63, 3.8) is 0 Å². The maximum absolute atomic E-state index is 12.0. The minimum Gasteiger partial charge on any atom is -0.465 e. The van der Waals surface area contributed by atoms with Crippen LogP contribution in [0.2, 0.25) is 0 Å². The number of carboxylic acid groups (broad SMARTS) is 1. The van der Waals surface area contributed by atoms with Gasteiger partial charge in [-0.15, -0.1) is 0 Å². The Morgan fingerprint density at radius 3 is 2.43 bits per heavy atom. The molecule has 0 aromatic carbocycles. The van der Waals surface area contributed by atoms with E-state index in [4.69, 9.17) is 0 Å². The Morgan fingerprint density at radius 1 is 1.17 bits per heavy atom. The van der Waals surface area contributed by atoms with Crippen LogP contribution >= 0.6 is 0 Å². The summed E-state index contributed by atoms with van der Waals surface area (Å²) in [6, 6.07) is 0.573. The number of β-amino-alcohol motifs (C(OH)–C–C–N with tert-alkyl or cyclic N) is 1. The predicted molar refractivity (Wildman–Crippen MR) is 88.5 cm³/mol. The Hall–Kier alpha value is -0.850. The van der Waals surface area contributed by atoms with Gasteiger partial charge < -0.3 is 15.5 Å². The molecule has 1 saturated carbocycles. The first-order chi connectivity index (χ1) is 10.8. The molecule has 0 aromatic rings. The van der Waals surface area contributed by atoms with Gasteiger partial charge in [-0.2, -0.15) is 0 Å². The van der Waals surface area contributed by atoms with Crippen molar-refractivity contribution in [2.45, 2.75) is 76.7 Å². The van der Waals surface area contributed by atoms with E-state index in [2.05, 4.69) is 31.0 Å². The summed E-state index contributed by atoms with van der Waals surface area (Å²) >= 11 is 0. The van der Waals surface area contributed by atoms with Crippen LogP contribution in [0.4, 0.5) is 4.79 Å². The molecule has 5 atom stereocenters. The Kier molecular flexibility index (Phi) is 4.60. The van der Waals surface area contributed by atoms with Crippen molar-refractivity contribution in [2.75, 3.05) is 19.6 Å². The predicted octanol–water partition coefficient (Wildman–Crippen LogP) is 1.34. The van der Waals surface area contributed by atoms with Gasteiger partial charge >= 0.3 is 6.09 Å². The fourth-order valence-corrected chi connectivity index (χ4v) is 4.79. The minimum absolute atomic E-state index is 0.00386. The van der Waals surface area contributed by atoms with E-state index < -0.39 is 6.09 Å². The van der Waals surface area contributed by atoms with Gasteiger partial charge in [-0.1, -0.05) is 20.8 Å². The van der Waals surface area contributed by atoms with Crippen LogP contribution in [-0.2, 0) is 0 Å². The van der Waals surface area contributed by atoms with Crippen LogP contribution in [0.1, 0.15) is 46.5 Å². The van der Waals surface area contributed by atoms with Crippen LogP contribution in [0.25, 0.3) is 0 Å². The molecule has 132 valence electrons. The minimum atomic E-state index is -0.788. The van der Waals surface area contributed by atoms with Gasteiger partial charge in [-0.3, -0.25) is 9.80 Å². The highest BCUT2D eigenvalue weighted by Crippen LogP contribution is 2.36. The lowest BCUT2D eigenvalue weighted by molar-refractivity contribution is -0.0232. The SMILES string of the molecule is CC(C)(C)C1CN[C@@H]2[C@@H](N3CC[C@H](O)C3)CCC[C@@H]2N1C(=O)O. The van der Waals surface area contributed by atoms with E-state index in [1.165, 1.54) is 0 Å². The van der Waals surface area contributed by atoms with Gasteiger partial charge in [0.2, 0.25) is 0 Å². The first-order valence-corrected chi connectivity index (χ1v) is 8.96. The van der Waals surface area contributed by atoms with Gasteiger partial charge in [0, 0.05) is 31.7 Å². The quantitative estimate of drug-likeness (QED) is 0.678. The van der Waals surface area contributed by atoms with Gasteiger partial charge in [0.15, 0.2) is 0 Å². The Morgan fingerprint density at radius 2 is 1.87 bits per heavy atom. The highest BCUT2D eigenvalue weighted by Gasteiger charge is 2.49. The number of likely N-dealkylation sites (tertiary alicyclic amines) is 1. The summed E-state index contributed by atoms with van der Waals surface area (Å²) in [5, 5.41) is 23.4. The zero-order chi connectivity index (χ0) is 16.8. The zero-order valence-electron chi connectivity index (χ0n) is 14.5. The van der Waals surface area contributed by atoms with Gasteiger partial charge in [0.1, 0.15) is 0 Å². The second-order valence-electron chi connectivity index (χ2n) is 8.51. The Labute approximate surface area is 138 Å². The molecule has 3 aliphatic rings. The number of carbonyl (C=O) groups is 1. The number of rotatable bonds is 1. The molecule has 6 nitrogen and oxygen atoms in total. The van der Waals surface area contributed by atoms with Crippen LogP contribution in [0.5, 0.6) is 0 Å². The molecule has 1 aliphatic carbocycles. The van der Waals surface area contributed by atoms with Crippen molar-refractivity contribution in [3.05, 3.63) is 0 Å². The van der Waals surface area contributed by atoms with Gasteiger partial charge in [0.25, 0.3) is 0 Å². The van der Waals surface area contributed by atoms with E-state index in [0.717, 1.165) is 38.8 Å². The maximum Gasteiger partial charge on any atom is 0.407 e. The third-order valence-corrected chi connectivity index (χ3v) is 5.95. The fourth-order valence-electron chi connectivity index (χ4n) is 4.79. The second kappa shape index (κ2) is 6.22. The third kappa shape index (κ3) is 3.21. The van der Waals surface area contributed by atoms with E-state index >= 15 is 0 Å². The van der Waals surface area contributed by atoms with Gasteiger partial charge in [-0.25, -0.2) is 4.79 Å². The van der Waals surface area contributed by atoms with Crippen LogP contribution in [0.15, 0.2) is 0 Å². The molecular weight excluding hydrogens is 294 g/mol. The molecule has 0 bridgehead atoms. The molecule has 6 heteroatoms. The van der Waals surface area contributed by atoms with E-state index in [1.807, 2.05) is 0 Å². The van der Waals surface area contributed by atoms with Crippen molar-refractivity contribution in [1.29, 1.82) is 0 Å². The number of nitrogens with one attached hydrogen (secondary N) is 1. The van der Waals surface area contributed by atoms with E-state index in [0.29, 0.717) is 12.6 Å². The summed E-state index contributed by atoms with van der Waals surface area (Å²) in [5.41, 5.74) is -0.0762. The molecule has 0 aromatic heterocycles. The number of nitrogens with zero attached hydrogens (tertiary/aromatic N) is 2. The molecule has 3 N–H and O–H groups in total. The number of fused-ring (bicyclic) bond motifs is 1. The Bertz CT molecular complexity index is 451. The van der Waals surface area contributed by atoms with Crippen molar-refractivity contribution in [2.24, 2.45) is 5.41 Å². The molecule has 2 aliphatic heterocycles. The molecule has 1 amide bonds. The Balaban J connectivity index is 1.81. The smallest absolute Gasteiger partial charge is 0.407 e. The van der Waals surface area contributed by atoms with Crippen molar-refractivity contribution in [3.8, 4) is 0 Å². The van der Waals surface area contributed by atoms with Gasteiger partial charge in [-0.05, 0) is 31.1 Å². The number of piperazine rings is 1. The lowest BCUT2D eigenvalue weighted by Crippen LogP contribution is -2.72. The van der Waals surface area contributed by atoms with Crippen LogP contribution in [0, 0.1) is 5.41 Å². The third-order valence-electron chi connectivity index (χ3n) is 5.95. The average Bonchev–Trinajstić information content (AvgIpc) is 2.90. The number of amides is 1. The van der Waals surface area contributed by atoms with Crippen molar-refractivity contribution in [1.82, 2.24) is 15.1 Å². The number of aliphatic hydroxyl groups is 1. The largest absolute Gasteiger partial charge is 0.465 e. The number of aliphatic hydroxyl groups excluding tert-OH is 1. The van der Waals surface area contributed by atoms with Crippen molar-refractivity contribution < 1.29 is 15.0 Å². The average molecular weight is 325 g/mol. The molecule has 3 fully saturated rings. The maximum atomic E-state index is 12.0. The highest BCUT2D eigenvalue weighted by atomic mass is 16.4. The molecular formula is C17H31N3O3. The molecule has 23 heavy (non-hydrogen) atoms. The summed E-state index contributed by atoms with van der Waals surface area (Å²) in [6.45, 7) is 8.72. The number of hydrogen-bond acceptors (Lipinski definition) is 4. The zero-order valence-corrected chi connectivity index (χ0v) is 14.5. The summed E-state index contributed by atoms with van der Waals surface area (Å²) in [6.07, 6.45) is 2.90. The van der Waals surface area contributed by atoms with Crippen molar-refractivity contribution >= 4 is 6.09 Å². The summed E-state index contributed by atoms with van der Waals surface area (Å²) in [5.74, 6) is 0. The molecule has 0 spiro atoms. The molecule has 0 radical (unpaired) electrons. The lowest BCUT2D eigenvalue weighted by atomic mass is 9.77.